The highest BCUT2D eigenvalue weighted by Gasteiger charge is 2.29. The number of aromatic amines is 1. The Balaban J connectivity index is 1.36. The fraction of sp³-hybridized carbons (Fsp3) is 0.353. The first-order valence-corrected chi connectivity index (χ1v) is 11.1. The van der Waals surface area contributed by atoms with Gasteiger partial charge in [-0.05, 0) is 18.4 Å². The van der Waals surface area contributed by atoms with E-state index in [1.165, 1.54) is 11.8 Å². The standard InChI is InChI=1S/C17H17N3O4S2/c21-15(13-8-18-14-4-2-1-3-12(13)14)9-25-17-20-19-16(24-17)7-11-5-6-26(22,23)10-11/h1-4,8,11,18H,5-7,9-10H2. The first kappa shape index (κ1) is 17.3. The van der Waals surface area contributed by atoms with Crippen LogP contribution < -0.4 is 0 Å². The zero-order chi connectivity index (χ0) is 18.1. The highest BCUT2D eigenvalue weighted by Crippen LogP contribution is 2.25. The van der Waals surface area contributed by atoms with Crippen molar-refractivity contribution in [2.24, 2.45) is 5.92 Å². The van der Waals surface area contributed by atoms with Crippen molar-refractivity contribution in [3.63, 3.8) is 0 Å². The molecule has 1 atom stereocenters. The monoisotopic (exact) mass is 391 g/mol. The molecule has 3 aromatic rings. The largest absolute Gasteiger partial charge is 0.416 e. The van der Waals surface area contributed by atoms with E-state index in [9.17, 15) is 13.2 Å². The Morgan fingerprint density at radius 1 is 1.31 bits per heavy atom. The maximum Gasteiger partial charge on any atom is 0.277 e. The number of Topliss-reactive ketones (excluding diaryl/α,β-unsaturated/α-hetero) is 1. The van der Waals surface area contributed by atoms with Crippen molar-refractivity contribution in [3.05, 3.63) is 41.9 Å². The number of benzene rings is 1. The number of ketones is 1. The van der Waals surface area contributed by atoms with E-state index >= 15 is 0 Å². The molecular formula is C17H17N3O4S2. The highest BCUT2D eigenvalue weighted by molar-refractivity contribution is 7.99. The van der Waals surface area contributed by atoms with Gasteiger partial charge >= 0.3 is 0 Å². The number of carbonyl (C=O) groups excluding carboxylic acids is 1. The molecule has 0 radical (unpaired) electrons. The van der Waals surface area contributed by atoms with Crippen LogP contribution in [0.25, 0.3) is 10.9 Å². The lowest BCUT2D eigenvalue weighted by Gasteiger charge is -2.01. The second-order valence-electron chi connectivity index (χ2n) is 6.39. The van der Waals surface area contributed by atoms with E-state index in [1.54, 1.807) is 6.20 Å². The van der Waals surface area contributed by atoms with E-state index in [0.717, 1.165) is 10.9 Å². The number of fused-ring (bicyclic) bond motifs is 1. The van der Waals surface area contributed by atoms with E-state index in [2.05, 4.69) is 15.2 Å². The van der Waals surface area contributed by atoms with Gasteiger partial charge in [0.1, 0.15) is 0 Å². The van der Waals surface area contributed by atoms with Gasteiger partial charge in [0.2, 0.25) is 5.89 Å². The number of nitrogens with zero attached hydrogens (tertiary/aromatic N) is 2. The Hall–Kier alpha value is -2.13. The quantitative estimate of drug-likeness (QED) is 0.508. The van der Waals surface area contributed by atoms with Gasteiger partial charge in [0.15, 0.2) is 15.6 Å². The summed E-state index contributed by atoms with van der Waals surface area (Å²) in [7, 11) is -2.92. The number of H-pyrrole nitrogens is 1. The molecule has 0 spiro atoms. The number of rotatable bonds is 6. The van der Waals surface area contributed by atoms with Crippen molar-refractivity contribution in [1.82, 2.24) is 15.2 Å². The molecule has 1 aliphatic rings. The Labute approximate surface area is 154 Å². The topological polar surface area (TPSA) is 106 Å². The Morgan fingerprint density at radius 2 is 2.15 bits per heavy atom. The van der Waals surface area contributed by atoms with Crippen molar-refractivity contribution in [3.8, 4) is 0 Å². The molecular weight excluding hydrogens is 374 g/mol. The Morgan fingerprint density at radius 3 is 2.96 bits per heavy atom. The molecule has 26 heavy (non-hydrogen) atoms. The lowest BCUT2D eigenvalue weighted by Crippen LogP contribution is -2.07. The van der Waals surface area contributed by atoms with Crippen LogP contribution in [0.4, 0.5) is 0 Å². The summed E-state index contributed by atoms with van der Waals surface area (Å²) < 4.78 is 28.6. The van der Waals surface area contributed by atoms with Crippen molar-refractivity contribution < 1.29 is 17.6 Å². The summed E-state index contributed by atoms with van der Waals surface area (Å²) in [5.41, 5.74) is 1.57. The third-order valence-corrected chi connectivity index (χ3v) is 7.11. The van der Waals surface area contributed by atoms with Gasteiger partial charge < -0.3 is 9.40 Å². The van der Waals surface area contributed by atoms with Gasteiger partial charge in [0.25, 0.3) is 5.22 Å². The van der Waals surface area contributed by atoms with Crippen molar-refractivity contribution in [1.29, 1.82) is 0 Å². The van der Waals surface area contributed by atoms with Crippen LogP contribution in [0.1, 0.15) is 22.7 Å². The molecule has 1 aliphatic heterocycles. The fourth-order valence-corrected chi connectivity index (χ4v) is 5.69. The van der Waals surface area contributed by atoms with E-state index < -0.39 is 9.84 Å². The third kappa shape index (κ3) is 3.68. The lowest BCUT2D eigenvalue weighted by atomic mass is 10.1. The minimum atomic E-state index is -2.92. The third-order valence-electron chi connectivity index (χ3n) is 4.45. The maximum absolute atomic E-state index is 12.5. The van der Waals surface area contributed by atoms with Gasteiger partial charge in [-0.3, -0.25) is 4.79 Å². The molecule has 1 unspecified atom stereocenters. The molecule has 0 amide bonds. The van der Waals surface area contributed by atoms with Gasteiger partial charge in [-0.2, -0.15) is 0 Å². The summed E-state index contributed by atoms with van der Waals surface area (Å²) >= 11 is 1.19. The molecule has 0 aliphatic carbocycles. The average Bonchev–Trinajstić information content (AvgIpc) is 3.31. The van der Waals surface area contributed by atoms with Crippen LogP contribution in [0.2, 0.25) is 0 Å². The normalized spacial score (nSPS) is 19.2. The van der Waals surface area contributed by atoms with Crippen molar-refractivity contribution in [2.75, 3.05) is 17.3 Å². The average molecular weight is 391 g/mol. The van der Waals surface area contributed by atoms with Gasteiger partial charge in [0.05, 0.1) is 17.3 Å². The summed E-state index contributed by atoms with van der Waals surface area (Å²) in [5, 5.41) is 9.14. The summed E-state index contributed by atoms with van der Waals surface area (Å²) in [5.74, 6) is 1.04. The molecule has 9 heteroatoms. The summed E-state index contributed by atoms with van der Waals surface area (Å²) in [6.07, 6.45) is 2.81. The zero-order valence-corrected chi connectivity index (χ0v) is 15.5. The molecule has 7 nitrogen and oxygen atoms in total. The fourth-order valence-electron chi connectivity index (χ4n) is 3.17. The van der Waals surface area contributed by atoms with Crippen molar-refractivity contribution in [2.45, 2.75) is 18.1 Å². The second kappa shape index (κ2) is 6.88. The molecule has 0 saturated carbocycles. The number of aromatic nitrogens is 3. The van der Waals surface area contributed by atoms with Gasteiger partial charge in [0, 0.05) is 29.1 Å². The van der Waals surface area contributed by atoms with Crippen LogP contribution in [0.3, 0.4) is 0 Å². The van der Waals surface area contributed by atoms with Crippen LogP contribution in [0, 0.1) is 5.92 Å². The molecule has 136 valence electrons. The number of carbonyl (C=O) groups is 1. The molecule has 1 aromatic carbocycles. The van der Waals surface area contributed by atoms with Crippen LogP contribution in [-0.4, -0.2) is 46.6 Å². The van der Waals surface area contributed by atoms with Crippen LogP contribution >= 0.6 is 11.8 Å². The lowest BCUT2D eigenvalue weighted by molar-refractivity contribution is 0.102. The first-order chi connectivity index (χ1) is 12.5. The van der Waals surface area contributed by atoms with Crippen molar-refractivity contribution >= 4 is 38.3 Å². The number of hydrogen-bond donors (Lipinski definition) is 1. The zero-order valence-electron chi connectivity index (χ0n) is 13.8. The van der Waals surface area contributed by atoms with Crippen LogP contribution in [0.5, 0.6) is 0 Å². The minimum absolute atomic E-state index is 0.0194. The molecule has 4 rings (SSSR count). The molecule has 1 saturated heterocycles. The molecule has 1 N–H and O–H groups in total. The number of nitrogens with one attached hydrogen (secondary N) is 1. The van der Waals surface area contributed by atoms with Gasteiger partial charge in [-0.1, -0.05) is 30.0 Å². The molecule has 0 bridgehead atoms. The molecule has 1 fully saturated rings. The smallest absolute Gasteiger partial charge is 0.277 e. The predicted octanol–water partition coefficient (Wildman–Crippen LogP) is 2.50. The Kier molecular flexibility index (Phi) is 4.58. The van der Waals surface area contributed by atoms with Crippen LogP contribution in [0.15, 0.2) is 40.1 Å². The highest BCUT2D eigenvalue weighted by atomic mass is 32.2. The molecule has 3 heterocycles. The summed E-state index contributed by atoms with van der Waals surface area (Å²) in [4.78, 5) is 15.5. The molecule has 2 aromatic heterocycles. The maximum atomic E-state index is 12.5. The summed E-state index contributed by atoms with van der Waals surface area (Å²) in [6, 6.07) is 7.64. The Bertz CT molecular complexity index is 1050. The first-order valence-electron chi connectivity index (χ1n) is 8.25. The number of para-hydroxylation sites is 1. The van der Waals surface area contributed by atoms with Gasteiger partial charge in [-0.15, -0.1) is 10.2 Å². The van der Waals surface area contributed by atoms with E-state index in [1.807, 2.05) is 24.3 Å². The second-order valence-corrected chi connectivity index (χ2v) is 9.55. The predicted molar refractivity (Wildman–Crippen MR) is 98.1 cm³/mol. The number of hydrogen-bond acceptors (Lipinski definition) is 7. The minimum Gasteiger partial charge on any atom is -0.416 e. The van der Waals surface area contributed by atoms with Gasteiger partial charge in [-0.25, -0.2) is 8.42 Å². The number of thioether (sulfide) groups is 1. The van der Waals surface area contributed by atoms with Crippen LogP contribution in [-0.2, 0) is 16.3 Å². The SMILES string of the molecule is O=C(CSc1nnc(CC2CCS(=O)(=O)C2)o1)c1c[nH]c2ccccc12. The summed E-state index contributed by atoms with van der Waals surface area (Å²) in [6.45, 7) is 0. The number of sulfone groups is 1. The van der Waals surface area contributed by atoms with E-state index in [-0.39, 0.29) is 29.0 Å². The van der Waals surface area contributed by atoms with E-state index in [4.69, 9.17) is 4.42 Å². The van der Waals surface area contributed by atoms with E-state index in [0.29, 0.717) is 29.5 Å².